The van der Waals surface area contributed by atoms with Crippen LogP contribution < -0.4 is 25.4 Å². The Hall–Kier alpha value is -5.68. The molecule has 0 unspecified atom stereocenters. The van der Waals surface area contributed by atoms with Crippen LogP contribution in [0.1, 0.15) is 43.0 Å². The molecule has 6 aromatic rings. The Bertz CT molecular complexity index is 2420. The number of fused-ring (bicyclic) bond motifs is 1. The van der Waals surface area contributed by atoms with E-state index in [0.29, 0.717) is 35.0 Å². The topological polar surface area (TPSA) is 132 Å². The van der Waals surface area contributed by atoms with Crippen LogP contribution in [0.4, 0.5) is 27.8 Å². The van der Waals surface area contributed by atoms with E-state index in [1.165, 1.54) is 5.56 Å². The first-order valence-corrected chi connectivity index (χ1v) is 22.5. The highest BCUT2D eigenvalue weighted by molar-refractivity contribution is 7.61. The molecule has 0 radical (unpaired) electrons. The van der Waals surface area contributed by atoms with Crippen LogP contribution in [0.15, 0.2) is 103 Å². The third kappa shape index (κ3) is 10.6. The first kappa shape index (κ1) is 40.5. The second-order valence-corrected chi connectivity index (χ2v) is 18.9. The van der Waals surface area contributed by atoms with Crippen molar-refractivity contribution in [2.75, 3.05) is 69.2 Å². The number of carbonyl (C=O) groups excluding carboxylic acids is 1. The number of pyridine rings is 1. The van der Waals surface area contributed by atoms with Gasteiger partial charge in [-0.3, -0.25) is 10.2 Å². The molecule has 58 heavy (non-hydrogen) atoms. The second-order valence-electron chi connectivity index (χ2n) is 15.4. The number of aryl methyl sites for hydroxylation is 1. The van der Waals surface area contributed by atoms with Crippen LogP contribution in [-0.2, 0) is 21.9 Å². The summed E-state index contributed by atoms with van der Waals surface area (Å²) in [5.41, 5.74) is 5.25. The zero-order valence-electron chi connectivity index (χ0n) is 33.8. The van der Waals surface area contributed by atoms with Gasteiger partial charge in [0, 0.05) is 60.1 Å². The molecule has 2 amide bonds. The van der Waals surface area contributed by atoms with Crippen molar-refractivity contribution in [3.63, 3.8) is 0 Å². The van der Waals surface area contributed by atoms with Crippen molar-refractivity contribution in [1.29, 1.82) is 0 Å². The van der Waals surface area contributed by atoms with Crippen LogP contribution in [0.25, 0.3) is 16.5 Å². The summed E-state index contributed by atoms with van der Waals surface area (Å²) >= 11 is 0. The molecule has 7 rings (SSSR count). The molecule has 3 heterocycles. The van der Waals surface area contributed by atoms with E-state index in [4.69, 9.17) is 19.3 Å². The van der Waals surface area contributed by atoms with Crippen LogP contribution in [0.5, 0.6) is 17.2 Å². The van der Waals surface area contributed by atoms with Gasteiger partial charge in [0.1, 0.15) is 28.9 Å². The summed E-state index contributed by atoms with van der Waals surface area (Å²) < 4.78 is 31.9. The summed E-state index contributed by atoms with van der Waals surface area (Å²) in [5.74, 6) is 3.31. The van der Waals surface area contributed by atoms with Gasteiger partial charge in [-0.2, -0.15) is 5.10 Å². The number of aromatic nitrogens is 3. The van der Waals surface area contributed by atoms with Gasteiger partial charge < -0.3 is 29.4 Å². The van der Waals surface area contributed by atoms with E-state index in [2.05, 4.69) is 51.8 Å². The number of nitrogens with zero attached hydrogens (tertiary/aromatic N) is 4. The molecular weight excluding hydrogens is 750 g/mol. The number of hydrogen-bond donors (Lipinski definition) is 3. The number of carbonyl (C=O) groups is 1. The summed E-state index contributed by atoms with van der Waals surface area (Å²) in [6.45, 7) is 12.3. The molecule has 1 saturated heterocycles. The number of urea groups is 1. The van der Waals surface area contributed by atoms with E-state index in [9.17, 15) is 9.36 Å². The van der Waals surface area contributed by atoms with Crippen molar-refractivity contribution >= 4 is 47.0 Å². The maximum Gasteiger partial charge on any atom is 0.324 e. The van der Waals surface area contributed by atoms with Crippen LogP contribution in [0.2, 0.25) is 0 Å². The van der Waals surface area contributed by atoms with Gasteiger partial charge in [0.05, 0.1) is 44.5 Å². The summed E-state index contributed by atoms with van der Waals surface area (Å²) in [4.78, 5) is 20.6. The molecule has 1 fully saturated rings. The first-order valence-electron chi connectivity index (χ1n) is 19.7. The number of hydrogen-bond acceptors (Lipinski definition) is 9. The molecule has 1 aliphatic rings. The lowest BCUT2D eigenvalue weighted by atomic mass is 10.1. The molecule has 0 saturated carbocycles. The zero-order valence-corrected chi connectivity index (χ0v) is 34.7. The first-order chi connectivity index (χ1) is 28.0. The van der Waals surface area contributed by atoms with Crippen LogP contribution in [-0.4, -0.2) is 79.0 Å². The number of benzene rings is 4. The van der Waals surface area contributed by atoms with Crippen molar-refractivity contribution in [2.24, 2.45) is 0 Å². The lowest BCUT2D eigenvalue weighted by Crippen LogP contribution is -2.36. The highest BCUT2D eigenvalue weighted by Crippen LogP contribution is 2.41. The summed E-state index contributed by atoms with van der Waals surface area (Å²) in [7, 11) is -0.603. The van der Waals surface area contributed by atoms with Crippen molar-refractivity contribution in [1.82, 2.24) is 19.7 Å². The van der Waals surface area contributed by atoms with Gasteiger partial charge in [0.25, 0.3) is 0 Å². The summed E-state index contributed by atoms with van der Waals surface area (Å²) in [5, 5.41) is 16.0. The average Bonchev–Trinajstić information content (AvgIpc) is 3.63. The minimum Gasteiger partial charge on any atom is -0.497 e. The lowest BCUT2D eigenvalue weighted by Gasteiger charge is -2.26. The number of rotatable bonds is 15. The molecule has 4 aromatic carbocycles. The van der Waals surface area contributed by atoms with E-state index in [-0.39, 0.29) is 5.92 Å². The number of anilines is 4. The number of nitrogens with one attached hydrogen (secondary N) is 3. The molecule has 0 atom stereocenters. The Morgan fingerprint density at radius 2 is 1.69 bits per heavy atom. The zero-order chi connectivity index (χ0) is 40.6. The SMILES string of the molecule is COc1cc(CCCN2CCOCC2)cc(Nc2cc(Oc3ccc(NC(=O)Nc4cc(C(C)C)nn4-c4cccc(CP(C)(C)=O)c4)c4ccccc34)ccn2)c1. The van der Waals surface area contributed by atoms with Crippen molar-refractivity contribution in [3.05, 3.63) is 120 Å². The number of methoxy groups -OCH3 is 1. The number of amides is 2. The van der Waals surface area contributed by atoms with Gasteiger partial charge in [-0.05, 0) is 92.2 Å². The van der Waals surface area contributed by atoms with E-state index in [1.807, 2.05) is 84.9 Å². The van der Waals surface area contributed by atoms with Crippen LogP contribution in [0, 0.1) is 0 Å². The predicted octanol–water partition coefficient (Wildman–Crippen LogP) is 10.1. The second kappa shape index (κ2) is 18.3. The third-order valence-electron chi connectivity index (χ3n) is 9.89. The number of morpholine rings is 1. The van der Waals surface area contributed by atoms with E-state index in [0.717, 1.165) is 84.8 Å². The predicted molar refractivity (Wildman–Crippen MR) is 234 cm³/mol. The summed E-state index contributed by atoms with van der Waals surface area (Å²) in [6.07, 6.45) is 4.17. The minimum atomic E-state index is -2.28. The summed E-state index contributed by atoms with van der Waals surface area (Å²) in [6, 6.07) is 30.6. The van der Waals surface area contributed by atoms with Gasteiger partial charge in [0.15, 0.2) is 0 Å². The maximum atomic E-state index is 13.6. The number of ether oxygens (including phenoxy) is 3. The van der Waals surface area contributed by atoms with Gasteiger partial charge in [0.2, 0.25) is 0 Å². The molecule has 1 aliphatic heterocycles. The van der Waals surface area contributed by atoms with Crippen molar-refractivity contribution in [2.45, 2.75) is 38.8 Å². The fourth-order valence-electron chi connectivity index (χ4n) is 7.08. The van der Waals surface area contributed by atoms with E-state index < -0.39 is 13.2 Å². The molecule has 3 N–H and O–H groups in total. The average molecular weight is 802 g/mol. The maximum absolute atomic E-state index is 13.6. The molecule has 12 nitrogen and oxygen atoms in total. The van der Waals surface area contributed by atoms with Crippen LogP contribution >= 0.6 is 7.14 Å². The van der Waals surface area contributed by atoms with Gasteiger partial charge >= 0.3 is 6.03 Å². The molecule has 2 aromatic heterocycles. The Morgan fingerprint density at radius 3 is 2.47 bits per heavy atom. The fourth-order valence-corrected chi connectivity index (χ4v) is 8.15. The lowest BCUT2D eigenvalue weighted by molar-refractivity contribution is 0.0374. The standard InChI is InChI=1S/C45H52N7O5P/c1-31(2)41-29-44(52(50-41)35-12-8-10-33(25-35)30-58(4,5)54)49-45(53)48-40-15-16-42(39-14-7-6-13-38(39)40)57-36-17-18-46-43(28-36)47-34-24-32(26-37(27-34)55-3)11-9-19-51-20-22-56-23-21-51/h6-8,10,12-18,24-29,31H,9,11,19-23,30H2,1-5H3,(H,46,47)(H2,48,49,53). The van der Waals surface area contributed by atoms with Crippen molar-refractivity contribution in [3.8, 4) is 22.9 Å². The highest BCUT2D eigenvalue weighted by Gasteiger charge is 2.18. The normalized spacial score (nSPS) is 13.4. The Kier molecular flexibility index (Phi) is 12.8. The third-order valence-corrected chi connectivity index (χ3v) is 11.0. The molecule has 0 bridgehead atoms. The monoisotopic (exact) mass is 801 g/mol. The van der Waals surface area contributed by atoms with Gasteiger partial charge in [-0.25, -0.2) is 14.5 Å². The molecule has 0 spiro atoms. The minimum absolute atomic E-state index is 0.138. The van der Waals surface area contributed by atoms with Crippen LogP contribution in [0.3, 0.4) is 0 Å². The molecule has 302 valence electrons. The quantitative estimate of drug-likeness (QED) is 0.0869. The van der Waals surface area contributed by atoms with Gasteiger partial charge in [-0.15, -0.1) is 0 Å². The smallest absolute Gasteiger partial charge is 0.324 e. The van der Waals surface area contributed by atoms with Gasteiger partial charge in [-0.1, -0.05) is 50.2 Å². The Labute approximate surface area is 340 Å². The molecular formula is C45H52N7O5P. The Balaban J connectivity index is 1.05. The van der Waals surface area contributed by atoms with Crippen molar-refractivity contribution < 1.29 is 23.6 Å². The fraction of sp³-hybridized carbons (Fsp3) is 0.311. The molecule has 13 heteroatoms. The Morgan fingerprint density at radius 1 is 0.879 bits per heavy atom. The highest BCUT2D eigenvalue weighted by atomic mass is 31.2. The largest absolute Gasteiger partial charge is 0.497 e. The van der Waals surface area contributed by atoms with E-state index >= 15 is 0 Å². The van der Waals surface area contributed by atoms with E-state index in [1.54, 1.807) is 31.3 Å². The molecule has 0 aliphatic carbocycles.